The van der Waals surface area contributed by atoms with E-state index in [1.165, 1.54) is 0 Å². The van der Waals surface area contributed by atoms with Crippen molar-refractivity contribution in [3.05, 3.63) is 24.3 Å². The van der Waals surface area contributed by atoms with E-state index in [1.807, 2.05) is 0 Å². The molecule has 0 aromatic rings. The zero-order valence-corrected chi connectivity index (χ0v) is 25.2. The highest BCUT2D eigenvalue weighted by Crippen LogP contribution is 2.23. The van der Waals surface area contributed by atoms with E-state index in [0.29, 0.717) is 24.0 Å². The van der Waals surface area contributed by atoms with Gasteiger partial charge in [-0.3, -0.25) is 0 Å². The van der Waals surface area contributed by atoms with Gasteiger partial charge in [0.1, 0.15) is 13.2 Å². The third-order valence-electron chi connectivity index (χ3n) is 4.77. The monoisotopic (exact) mass is 560 g/mol. The maximum atomic E-state index is 11.7. The van der Waals surface area contributed by atoms with Gasteiger partial charge in [0.2, 0.25) is 0 Å². The van der Waals surface area contributed by atoms with E-state index < -0.39 is 40.8 Å². The van der Waals surface area contributed by atoms with Gasteiger partial charge in [0.25, 0.3) is 0 Å². The van der Waals surface area contributed by atoms with Crippen LogP contribution in [-0.2, 0) is 32.7 Å². The third kappa shape index (κ3) is 19.2. The van der Waals surface area contributed by atoms with Gasteiger partial charge in [-0.15, -0.1) is 0 Å². The Morgan fingerprint density at radius 2 is 0.973 bits per heavy atom. The van der Waals surface area contributed by atoms with Crippen molar-refractivity contribution in [3.8, 4) is 0 Å². The fourth-order valence-corrected chi connectivity index (χ4v) is 11.9. The van der Waals surface area contributed by atoms with Crippen LogP contribution in [0.4, 0.5) is 9.59 Å². The summed E-state index contributed by atoms with van der Waals surface area (Å²) in [7, 11) is -3.94. The normalized spacial score (nSPS) is 11.2. The largest absolute Gasteiger partial charge is 0.460 e. The topological polar surface area (TPSA) is 138 Å². The third-order valence-corrected chi connectivity index (χ3v) is 12.3. The average Bonchev–Trinajstić information content (AvgIpc) is 2.78. The summed E-state index contributed by atoms with van der Waals surface area (Å²) in [5, 5.41) is 5.06. The molecule has 0 aliphatic carbocycles. The first-order valence-corrected chi connectivity index (χ1v) is 18.5. The summed E-state index contributed by atoms with van der Waals surface area (Å²) in [6.45, 7) is 19.6. The molecule has 0 radical (unpaired) electrons. The number of hydrogen-bond acceptors (Lipinski definition) is 9. The summed E-state index contributed by atoms with van der Waals surface area (Å²) in [5.74, 6) is -0.995. The molecule has 0 heterocycles. The Balaban J connectivity index is 4.01. The number of nitrogens with one attached hydrogen (secondary N) is 2. The van der Waals surface area contributed by atoms with Crippen LogP contribution < -0.4 is 10.6 Å². The number of rotatable bonds is 18. The van der Waals surface area contributed by atoms with Crippen LogP contribution in [-0.4, -0.2) is 80.3 Å². The fraction of sp³-hybridized carbons (Fsp3) is 0.667. The number of amides is 2. The molecule has 0 spiro atoms. The number of hydrogen-bond donors (Lipinski definition) is 2. The van der Waals surface area contributed by atoms with E-state index in [-0.39, 0.29) is 39.5 Å². The van der Waals surface area contributed by atoms with Crippen molar-refractivity contribution in [1.82, 2.24) is 10.6 Å². The molecule has 11 nitrogen and oxygen atoms in total. The predicted molar refractivity (Wildman–Crippen MR) is 145 cm³/mol. The number of alkyl carbamates (subject to hydrolysis) is 2. The Kier molecular flexibility index (Phi) is 16.5. The Labute approximate surface area is 222 Å². The summed E-state index contributed by atoms with van der Waals surface area (Å²) in [5.41, 5.74) is 0.604. The van der Waals surface area contributed by atoms with E-state index in [4.69, 9.17) is 23.1 Å². The molecular formula is C24H44N2O9Si2. The lowest BCUT2D eigenvalue weighted by Gasteiger charge is -2.34. The number of carbonyl (C=O) groups is 4. The Morgan fingerprint density at radius 1 is 0.622 bits per heavy atom. The lowest BCUT2D eigenvalue weighted by Crippen LogP contribution is -2.44. The van der Waals surface area contributed by atoms with Gasteiger partial charge in [-0.2, -0.15) is 0 Å². The van der Waals surface area contributed by atoms with Crippen LogP contribution in [0.2, 0.25) is 38.3 Å². The van der Waals surface area contributed by atoms with Crippen LogP contribution in [0.25, 0.3) is 0 Å². The summed E-state index contributed by atoms with van der Waals surface area (Å²) in [6, 6.07) is 1.67. The van der Waals surface area contributed by atoms with Gasteiger partial charge in [-0.05, 0) is 65.0 Å². The molecule has 0 aromatic heterocycles. The van der Waals surface area contributed by atoms with Gasteiger partial charge in [-0.25, -0.2) is 19.2 Å². The smallest absolute Gasteiger partial charge is 0.407 e. The van der Waals surface area contributed by atoms with Crippen LogP contribution in [0.1, 0.15) is 26.7 Å². The number of carbonyl (C=O) groups excluding carboxylic acids is 4. The van der Waals surface area contributed by atoms with Gasteiger partial charge in [0, 0.05) is 11.1 Å². The fourth-order valence-electron chi connectivity index (χ4n) is 3.12. The van der Waals surface area contributed by atoms with Gasteiger partial charge in [0.15, 0.2) is 16.6 Å². The summed E-state index contributed by atoms with van der Waals surface area (Å²) < 4.78 is 26.7. The maximum Gasteiger partial charge on any atom is 0.407 e. The predicted octanol–water partition coefficient (Wildman–Crippen LogP) is 3.88. The molecule has 212 valence electrons. The molecule has 0 aromatic carbocycles. The zero-order valence-electron chi connectivity index (χ0n) is 23.2. The minimum atomic E-state index is -1.97. The second-order valence-electron chi connectivity index (χ2n) is 9.79. The summed E-state index contributed by atoms with van der Waals surface area (Å²) in [4.78, 5) is 46.0. The lowest BCUT2D eigenvalue weighted by molar-refractivity contribution is -0.139. The lowest BCUT2D eigenvalue weighted by atomic mass is 10.4. The molecule has 2 amide bonds. The molecule has 0 bridgehead atoms. The zero-order chi connectivity index (χ0) is 28.5. The van der Waals surface area contributed by atoms with Crippen LogP contribution in [0, 0.1) is 0 Å². The highest BCUT2D eigenvalue weighted by atomic mass is 28.4. The molecule has 0 fully saturated rings. The second-order valence-corrected chi connectivity index (χ2v) is 18.6. The SMILES string of the molecule is C=C(C)C(=O)OCCNC(=O)OCCC[Si](C)(C)O[Si](C)(C)CCCOC(=O)NCCOC(=O)C(=C)C. The van der Waals surface area contributed by atoms with Crippen LogP contribution in [0.3, 0.4) is 0 Å². The van der Waals surface area contributed by atoms with Gasteiger partial charge < -0.3 is 33.7 Å². The van der Waals surface area contributed by atoms with E-state index in [2.05, 4.69) is 50.0 Å². The van der Waals surface area contributed by atoms with Crippen molar-refractivity contribution < 1.29 is 42.2 Å². The molecule has 0 saturated carbocycles. The first-order chi connectivity index (χ1) is 17.1. The molecule has 0 atom stereocenters. The average molecular weight is 561 g/mol. The van der Waals surface area contributed by atoms with Crippen molar-refractivity contribution in [1.29, 1.82) is 0 Å². The maximum absolute atomic E-state index is 11.7. The molecular weight excluding hydrogens is 516 g/mol. The summed E-state index contributed by atoms with van der Waals surface area (Å²) >= 11 is 0. The number of ether oxygens (including phenoxy) is 4. The molecule has 0 rings (SSSR count). The van der Waals surface area contributed by atoms with Crippen LogP contribution >= 0.6 is 0 Å². The number of esters is 2. The molecule has 13 heteroatoms. The standard InChI is InChI=1S/C24H44N2O9Si2/c1-19(2)21(27)31-15-11-25-23(29)33-13-9-17-36(5,6)35-37(7,8)18-10-14-34-24(30)26-12-16-32-22(28)20(3)4/h1,3,9-18H2,2,4-8H3,(H,25,29)(H,26,30). The first-order valence-electron chi connectivity index (χ1n) is 12.3. The Morgan fingerprint density at radius 3 is 1.30 bits per heavy atom. The van der Waals surface area contributed by atoms with E-state index in [1.54, 1.807) is 13.8 Å². The van der Waals surface area contributed by atoms with Crippen molar-refractivity contribution in [2.75, 3.05) is 39.5 Å². The van der Waals surface area contributed by atoms with Crippen molar-refractivity contribution in [2.24, 2.45) is 0 Å². The quantitative estimate of drug-likeness (QED) is 0.0840. The van der Waals surface area contributed by atoms with E-state index in [0.717, 1.165) is 12.1 Å². The molecule has 0 aliphatic heterocycles. The summed E-state index contributed by atoms with van der Waals surface area (Å²) in [6.07, 6.45) is 0.260. The second kappa shape index (κ2) is 17.7. The highest BCUT2D eigenvalue weighted by Gasteiger charge is 2.32. The van der Waals surface area contributed by atoms with Gasteiger partial charge in [-0.1, -0.05) is 13.2 Å². The Bertz CT molecular complexity index is 737. The van der Waals surface area contributed by atoms with Gasteiger partial charge in [0.05, 0.1) is 26.3 Å². The van der Waals surface area contributed by atoms with E-state index in [9.17, 15) is 19.2 Å². The highest BCUT2D eigenvalue weighted by molar-refractivity contribution is 6.84. The van der Waals surface area contributed by atoms with Crippen molar-refractivity contribution >= 4 is 40.8 Å². The molecule has 0 aliphatic rings. The minimum Gasteiger partial charge on any atom is -0.460 e. The van der Waals surface area contributed by atoms with Crippen LogP contribution in [0.5, 0.6) is 0 Å². The Hall–Kier alpha value is -2.65. The molecule has 0 saturated heterocycles. The van der Waals surface area contributed by atoms with Crippen molar-refractivity contribution in [2.45, 2.75) is 65.0 Å². The molecule has 2 N–H and O–H groups in total. The first kappa shape index (κ1) is 34.4. The minimum absolute atomic E-state index is 0.0525. The van der Waals surface area contributed by atoms with Gasteiger partial charge >= 0.3 is 24.1 Å². The molecule has 37 heavy (non-hydrogen) atoms. The van der Waals surface area contributed by atoms with Crippen LogP contribution in [0.15, 0.2) is 24.3 Å². The molecule has 0 unspecified atom stereocenters. The van der Waals surface area contributed by atoms with Crippen molar-refractivity contribution in [3.63, 3.8) is 0 Å². The van der Waals surface area contributed by atoms with E-state index >= 15 is 0 Å².